The van der Waals surface area contributed by atoms with Gasteiger partial charge in [-0.2, -0.15) is 0 Å². The van der Waals surface area contributed by atoms with Gasteiger partial charge < -0.3 is 0 Å². The molecule has 1 heterocycles. The van der Waals surface area contributed by atoms with E-state index >= 15 is 0 Å². The predicted octanol–water partition coefficient (Wildman–Crippen LogP) is 3.80. The van der Waals surface area contributed by atoms with Gasteiger partial charge >= 0.3 is 0 Å². The van der Waals surface area contributed by atoms with Crippen molar-refractivity contribution in [2.75, 3.05) is 0 Å². The van der Waals surface area contributed by atoms with Gasteiger partial charge in [-0.05, 0) is 42.0 Å². The highest BCUT2D eigenvalue weighted by atomic mass is 19.1. The molecule has 0 amide bonds. The van der Waals surface area contributed by atoms with Crippen molar-refractivity contribution in [2.45, 2.75) is 6.42 Å². The van der Waals surface area contributed by atoms with E-state index in [1.54, 1.807) is 6.20 Å². The first-order valence-corrected chi connectivity index (χ1v) is 6.35. The van der Waals surface area contributed by atoms with Crippen LogP contribution in [-0.4, -0.2) is 10.8 Å². The Labute approximate surface area is 115 Å². The lowest BCUT2D eigenvalue weighted by Gasteiger charge is -2.05. The monoisotopic (exact) mass is 265 g/mol. The molecule has 0 saturated heterocycles. The maximum Gasteiger partial charge on any atom is 0.167 e. The van der Waals surface area contributed by atoms with Crippen molar-refractivity contribution in [3.05, 3.63) is 77.7 Å². The molecule has 0 unspecified atom stereocenters. The van der Waals surface area contributed by atoms with Gasteiger partial charge in [0.1, 0.15) is 5.82 Å². The summed E-state index contributed by atoms with van der Waals surface area (Å²) in [5.74, 6) is -0.364. The Morgan fingerprint density at radius 1 is 1.00 bits per heavy atom. The summed E-state index contributed by atoms with van der Waals surface area (Å²) in [6, 6.07) is 15.2. The minimum absolute atomic E-state index is 0.0265. The molecular formula is C17H12FNO. The molecule has 0 radical (unpaired) electrons. The van der Waals surface area contributed by atoms with E-state index in [2.05, 4.69) is 4.98 Å². The lowest BCUT2D eigenvalue weighted by Crippen LogP contribution is -2.04. The summed E-state index contributed by atoms with van der Waals surface area (Å²) in [5.41, 5.74) is 2.33. The van der Waals surface area contributed by atoms with E-state index in [4.69, 9.17) is 0 Å². The number of carbonyl (C=O) groups excluding carboxylic acids is 1. The summed E-state index contributed by atoms with van der Waals surface area (Å²) in [6.07, 6.45) is 1.99. The maximum absolute atomic E-state index is 12.9. The highest BCUT2D eigenvalue weighted by Gasteiger charge is 2.09. The molecule has 0 aliphatic rings. The normalized spacial score (nSPS) is 10.7. The van der Waals surface area contributed by atoms with Crippen molar-refractivity contribution in [3.63, 3.8) is 0 Å². The Morgan fingerprint density at radius 2 is 1.75 bits per heavy atom. The lowest BCUT2D eigenvalue weighted by atomic mass is 10.0. The Balaban J connectivity index is 1.93. The third-order valence-electron chi connectivity index (χ3n) is 3.26. The van der Waals surface area contributed by atoms with Gasteiger partial charge in [-0.1, -0.05) is 18.2 Å². The van der Waals surface area contributed by atoms with E-state index in [1.807, 2.05) is 30.3 Å². The van der Waals surface area contributed by atoms with Gasteiger partial charge in [0.2, 0.25) is 0 Å². The summed E-state index contributed by atoms with van der Waals surface area (Å²) in [7, 11) is 0. The number of para-hydroxylation sites is 1. The molecule has 3 heteroatoms. The van der Waals surface area contributed by atoms with Gasteiger partial charge in [0.25, 0.3) is 0 Å². The van der Waals surface area contributed by atoms with Crippen LogP contribution in [0.1, 0.15) is 15.9 Å². The van der Waals surface area contributed by atoms with Crippen LogP contribution in [0.4, 0.5) is 4.39 Å². The summed E-state index contributed by atoms with van der Waals surface area (Å²) < 4.78 is 12.9. The lowest BCUT2D eigenvalue weighted by molar-refractivity contribution is 0.0993. The minimum Gasteiger partial charge on any atom is -0.294 e. The molecule has 0 atom stereocenters. The first-order valence-electron chi connectivity index (χ1n) is 6.35. The maximum atomic E-state index is 12.9. The number of halogens is 1. The van der Waals surface area contributed by atoms with Gasteiger partial charge in [0, 0.05) is 23.6 Å². The van der Waals surface area contributed by atoms with Crippen molar-refractivity contribution < 1.29 is 9.18 Å². The number of rotatable bonds is 3. The molecule has 1 aromatic heterocycles. The van der Waals surface area contributed by atoms with E-state index in [0.717, 1.165) is 16.5 Å². The number of benzene rings is 2. The minimum atomic E-state index is -0.337. The number of nitrogens with zero attached hydrogens (tertiary/aromatic N) is 1. The van der Waals surface area contributed by atoms with E-state index in [9.17, 15) is 9.18 Å². The molecule has 2 nitrogen and oxygen atoms in total. The smallest absolute Gasteiger partial charge is 0.167 e. The molecular weight excluding hydrogens is 253 g/mol. The second-order valence-corrected chi connectivity index (χ2v) is 4.59. The van der Waals surface area contributed by atoms with Crippen LogP contribution >= 0.6 is 0 Å². The Morgan fingerprint density at radius 3 is 2.55 bits per heavy atom. The van der Waals surface area contributed by atoms with Crippen molar-refractivity contribution in [2.24, 2.45) is 0 Å². The fourth-order valence-electron chi connectivity index (χ4n) is 2.22. The van der Waals surface area contributed by atoms with Crippen LogP contribution in [0.3, 0.4) is 0 Å². The second-order valence-electron chi connectivity index (χ2n) is 4.59. The highest BCUT2D eigenvalue weighted by molar-refractivity contribution is 5.99. The van der Waals surface area contributed by atoms with E-state index in [1.165, 1.54) is 24.3 Å². The fourth-order valence-corrected chi connectivity index (χ4v) is 2.22. The third-order valence-corrected chi connectivity index (χ3v) is 3.26. The molecule has 98 valence electrons. The fraction of sp³-hybridized carbons (Fsp3) is 0.0588. The quantitative estimate of drug-likeness (QED) is 0.674. The number of pyridine rings is 1. The Hall–Kier alpha value is -2.55. The molecule has 0 aliphatic heterocycles. The first kappa shape index (κ1) is 12.5. The molecule has 3 rings (SSSR count). The van der Waals surface area contributed by atoms with Crippen molar-refractivity contribution in [1.29, 1.82) is 0 Å². The zero-order valence-electron chi connectivity index (χ0n) is 10.7. The molecule has 0 aliphatic carbocycles. The Bertz CT molecular complexity index is 760. The van der Waals surface area contributed by atoms with Crippen molar-refractivity contribution >= 4 is 16.7 Å². The van der Waals surface area contributed by atoms with Crippen molar-refractivity contribution in [3.8, 4) is 0 Å². The van der Waals surface area contributed by atoms with Gasteiger partial charge in [-0.25, -0.2) is 4.39 Å². The van der Waals surface area contributed by atoms with Crippen LogP contribution in [0, 0.1) is 5.82 Å². The largest absolute Gasteiger partial charge is 0.294 e. The first-order chi connectivity index (χ1) is 9.74. The van der Waals surface area contributed by atoms with Gasteiger partial charge in [-0.3, -0.25) is 9.78 Å². The SMILES string of the molecule is O=C(Cc1ccnc2ccccc12)c1ccc(F)cc1. The van der Waals surface area contributed by atoms with Crippen LogP contribution in [0.15, 0.2) is 60.8 Å². The summed E-state index contributed by atoms with van der Waals surface area (Å²) >= 11 is 0. The zero-order valence-corrected chi connectivity index (χ0v) is 10.7. The number of fused-ring (bicyclic) bond motifs is 1. The number of hydrogen-bond acceptors (Lipinski definition) is 2. The average molecular weight is 265 g/mol. The number of Topliss-reactive ketones (excluding diaryl/α,β-unsaturated/α-hetero) is 1. The summed E-state index contributed by atoms with van der Waals surface area (Å²) in [5, 5.41) is 0.977. The third kappa shape index (κ3) is 2.43. The number of ketones is 1. The molecule has 0 spiro atoms. The highest BCUT2D eigenvalue weighted by Crippen LogP contribution is 2.18. The number of hydrogen-bond donors (Lipinski definition) is 0. The van der Waals surface area contributed by atoms with E-state index in [0.29, 0.717) is 5.56 Å². The van der Waals surface area contributed by atoms with Gasteiger partial charge in [-0.15, -0.1) is 0 Å². The van der Waals surface area contributed by atoms with Crippen LogP contribution in [0.2, 0.25) is 0 Å². The van der Waals surface area contributed by atoms with Crippen LogP contribution in [0.5, 0.6) is 0 Å². The average Bonchev–Trinajstić information content (AvgIpc) is 2.48. The predicted molar refractivity (Wildman–Crippen MR) is 76.2 cm³/mol. The van der Waals surface area contributed by atoms with E-state index in [-0.39, 0.29) is 18.0 Å². The van der Waals surface area contributed by atoms with Crippen LogP contribution < -0.4 is 0 Å². The zero-order chi connectivity index (χ0) is 13.9. The molecule has 0 N–H and O–H groups in total. The molecule has 3 aromatic rings. The van der Waals surface area contributed by atoms with E-state index < -0.39 is 0 Å². The van der Waals surface area contributed by atoms with Crippen LogP contribution in [-0.2, 0) is 6.42 Å². The van der Waals surface area contributed by atoms with Crippen LogP contribution in [0.25, 0.3) is 10.9 Å². The molecule has 2 aromatic carbocycles. The second kappa shape index (κ2) is 5.21. The van der Waals surface area contributed by atoms with Crippen molar-refractivity contribution in [1.82, 2.24) is 4.98 Å². The van der Waals surface area contributed by atoms with Gasteiger partial charge in [0.05, 0.1) is 5.52 Å². The standard InChI is InChI=1S/C17H12FNO/c18-14-7-5-12(6-8-14)17(20)11-13-9-10-19-16-4-2-1-3-15(13)16/h1-10H,11H2. The number of carbonyl (C=O) groups is 1. The summed E-state index contributed by atoms with van der Waals surface area (Å²) in [6.45, 7) is 0. The van der Waals surface area contributed by atoms with Gasteiger partial charge in [0.15, 0.2) is 5.78 Å². The molecule has 0 fully saturated rings. The molecule has 20 heavy (non-hydrogen) atoms. The molecule has 0 saturated carbocycles. The summed E-state index contributed by atoms with van der Waals surface area (Å²) in [4.78, 5) is 16.5. The number of aromatic nitrogens is 1. The Kier molecular flexibility index (Phi) is 3.25. The topological polar surface area (TPSA) is 30.0 Å². The molecule has 0 bridgehead atoms.